The lowest BCUT2D eigenvalue weighted by Gasteiger charge is -1.94. The van der Waals surface area contributed by atoms with Gasteiger partial charge in [0.05, 0.1) is 8.00 Å². The van der Waals surface area contributed by atoms with Crippen LogP contribution < -0.4 is 16.7 Å². The molecule has 0 atom stereocenters. The molecule has 0 bridgehead atoms. The van der Waals surface area contributed by atoms with Crippen molar-refractivity contribution in [3.05, 3.63) is 34.9 Å². The van der Waals surface area contributed by atoms with E-state index in [0.29, 0.717) is 6.29 Å². The van der Waals surface area contributed by atoms with Crippen LogP contribution in [0, 0.1) is 0 Å². The molecular formula is C26H47F8I7N8O4. The maximum Gasteiger partial charge on any atom is 0.339 e. The van der Waals surface area contributed by atoms with Gasteiger partial charge in [-0.05, 0) is 23.8 Å². The number of aromatic carboxylic acids is 1. The van der Waals surface area contributed by atoms with Crippen LogP contribution in [-0.4, -0.2) is 87.6 Å². The Labute approximate surface area is 402 Å². The summed E-state index contributed by atoms with van der Waals surface area (Å²) >= 11 is 15.8. The van der Waals surface area contributed by atoms with Gasteiger partial charge in [0.1, 0.15) is 22.6 Å². The topological polar surface area (TPSA) is 170 Å². The minimum Gasteiger partial charge on any atom is -0.478 e. The zero-order chi connectivity index (χ0) is 42.4. The van der Waals surface area contributed by atoms with Crippen molar-refractivity contribution >= 4 is 182 Å². The lowest BCUT2D eigenvalue weighted by Crippen LogP contribution is -2.13. The van der Waals surface area contributed by atoms with Gasteiger partial charge in [-0.2, -0.15) is 15.3 Å². The number of carbonyl (C=O) groups excluding carboxylic acids is 2. The number of aldehydes is 1. The van der Waals surface area contributed by atoms with E-state index in [-0.39, 0.29) is 26.1 Å². The molecule has 53 heavy (non-hydrogen) atoms. The fraction of sp³-hybridized carbons (Fsp3) is 0.615. The van der Waals surface area contributed by atoms with E-state index in [1.54, 1.807) is 7.05 Å². The van der Waals surface area contributed by atoms with Crippen molar-refractivity contribution in [3.63, 3.8) is 0 Å². The number of hydrazine groups is 1. The highest BCUT2D eigenvalue weighted by Gasteiger charge is 2.21. The predicted octanol–water partition coefficient (Wildman–Crippen LogP) is 10.8. The van der Waals surface area contributed by atoms with Crippen molar-refractivity contribution in [3.8, 4) is 0 Å². The molecule has 0 radical (unpaired) electrons. The predicted molar refractivity (Wildman–Crippen MR) is 259 cm³/mol. The molecule has 0 aliphatic rings. The molecule has 0 spiro atoms. The number of carboxylic acid groups (broad SMARTS) is 1. The first kappa shape index (κ1) is 75.1. The molecule has 27 heteroatoms. The van der Waals surface area contributed by atoms with Crippen molar-refractivity contribution in [2.75, 3.05) is 26.4 Å². The van der Waals surface area contributed by atoms with Crippen LogP contribution in [0.5, 0.6) is 0 Å². The first-order valence-electron chi connectivity index (χ1n) is 12.3. The maximum absolute atomic E-state index is 12.1. The number of rotatable bonds is 7. The number of hydrogen-bond donors (Lipinski definition) is 4. The van der Waals surface area contributed by atoms with Crippen molar-refractivity contribution in [2.45, 2.75) is 54.3 Å². The standard InChI is InChI=1S/C6H6F2N2O2.C6H6F2N2O.C4H8F2N2.C3H4F2O.CHI3.CH2I2.2CH3I.CH6N2.2CH4/c1-10-2-3(6(11)12)4(9-10)5(7)8;1-10-2-4(3-11)5(9-10)6(7)8;1-3(4(5)6)8-7-2;1-2(6)3(4)5;2-1(3)4;2-1-3;2*1-2;1-3-2;;/h2,5H,1H3,(H,11,12);2-3,6H,1H3;4,7H,1-2H3;3H,1H3;1H;1H2;2*1H3;3H,2H2,1H3;2*1H4. The molecule has 0 amide bonds. The van der Waals surface area contributed by atoms with Gasteiger partial charge >= 0.3 is 5.97 Å². The third-order valence-electron chi connectivity index (χ3n) is 3.43. The molecule has 0 fully saturated rings. The SMILES string of the molecule is C.C.CC(=O)C(F)F.CI.CI.CNN.CNN=C(C)C(F)F.Cn1cc(C(=O)O)c(C(F)F)n1.Cn1cc(C=O)c(C(F)F)n1.IC(I)I.ICI. The van der Waals surface area contributed by atoms with E-state index in [0.717, 1.165) is 17.7 Å². The summed E-state index contributed by atoms with van der Waals surface area (Å²) in [6, 6.07) is 0. The number of nitrogens with zero attached hydrogens (tertiary/aromatic N) is 5. The van der Waals surface area contributed by atoms with Gasteiger partial charge in [-0.1, -0.05) is 173 Å². The van der Waals surface area contributed by atoms with Crippen molar-refractivity contribution in [2.24, 2.45) is 25.0 Å². The summed E-state index contributed by atoms with van der Waals surface area (Å²) in [5.74, 6) is 2.13. The fourth-order valence-corrected chi connectivity index (χ4v) is 1.84. The van der Waals surface area contributed by atoms with Crippen LogP contribution in [0.2, 0.25) is 0 Å². The summed E-state index contributed by atoms with van der Waals surface area (Å²) in [5.41, 5.74) is 2.67. The number of hydrazone groups is 1. The zero-order valence-electron chi connectivity index (χ0n) is 28.0. The number of Topliss-reactive ketones (excluding diaryl/α,β-unsaturated/α-hetero) is 1. The van der Waals surface area contributed by atoms with E-state index in [2.05, 4.69) is 190 Å². The van der Waals surface area contributed by atoms with Gasteiger partial charge in [0.25, 0.3) is 25.7 Å². The van der Waals surface area contributed by atoms with Crippen LogP contribution >= 0.6 is 158 Å². The Morgan fingerprint density at radius 1 is 0.849 bits per heavy atom. The number of aromatic nitrogens is 4. The Morgan fingerprint density at radius 3 is 1.32 bits per heavy atom. The molecule has 0 aliphatic carbocycles. The Bertz CT molecular complexity index is 1140. The lowest BCUT2D eigenvalue weighted by molar-refractivity contribution is -0.127. The number of carboxylic acids is 1. The van der Waals surface area contributed by atoms with Crippen LogP contribution in [0.4, 0.5) is 35.1 Å². The van der Waals surface area contributed by atoms with Gasteiger partial charge in [0.2, 0.25) is 0 Å². The summed E-state index contributed by atoms with van der Waals surface area (Å²) in [6.45, 7) is 2.12. The second kappa shape index (κ2) is 53.2. The molecule has 0 aromatic carbocycles. The van der Waals surface area contributed by atoms with Crippen molar-refractivity contribution in [1.82, 2.24) is 30.4 Å². The summed E-state index contributed by atoms with van der Waals surface area (Å²) < 4.78 is 96.8. The summed E-state index contributed by atoms with van der Waals surface area (Å²) in [4.78, 5) is 33.8. The molecule has 12 nitrogen and oxygen atoms in total. The van der Waals surface area contributed by atoms with Crippen LogP contribution in [-0.2, 0) is 18.9 Å². The minimum atomic E-state index is -2.85. The minimum absolute atomic E-state index is 0. The van der Waals surface area contributed by atoms with E-state index in [1.807, 2.05) is 9.86 Å². The lowest BCUT2D eigenvalue weighted by atomic mass is 10.2. The van der Waals surface area contributed by atoms with Gasteiger partial charge in [0.15, 0.2) is 12.1 Å². The van der Waals surface area contributed by atoms with Crippen LogP contribution in [0.1, 0.15) is 73.7 Å². The molecule has 2 heterocycles. The molecule has 0 unspecified atom stereocenters. The molecule has 0 saturated carbocycles. The molecule has 0 aliphatic heterocycles. The Morgan fingerprint density at radius 2 is 1.15 bits per heavy atom. The summed E-state index contributed by atoms with van der Waals surface area (Å²) in [7, 11) is 6.00. The monoisotopic (exact) mass is 1580 g/mol. The summed E-state index contributed by atoms with van der Waals surface area (Å²) in [5, 5.41) is 18.4. The van der Waals surface area contributed by atoms with Crippen LogP contribution in [0.25, 0.3) is 0 Å². The smallest absolute Gasteiger partial charge is 0.339 e. The maximum atomic E-state index is 12.1. The molecule has 2 aromatic heterocycles. The number of aryl methyl sites for hydroxylation is 2. The number of halogens is 15. The Kier molecular flexibility index (Phi) is 75.3. The van der Waals surface area contributed by atoms with E-state index in [1.165, 1.54) is 41.4 Å². The highest BCUT2D eigenvalue weighted by Crippen LogP contribution is 2.21. The van der Waals surface area contributed by atoms with E-state index in [9.17, 15) is 49.5 Å². The Hall–Kier alpha value is 1.17. The van der Waals surface area contributed by atoms with E-state index >= 15 is 0 Å². The van der Waals surface area contributed by atoms with Gasteiger partial charge in [-0.3, -0.25) is 30.2 Å². The van der Waals surface area contributed by atoms with Gasteiger partial charge < -0.3 is 10.5 Å². The number of alkyl halides is 15. The summed E-state index contributed by atoms with van der Waals surface area (Å²) in [6.07, 6.45) is -8.09. The van der Waals surface area contributed by atoms with E-state index in [4.69, 9.17) is 5.11 Å². The number of nitrogens with one attached hydrogen (secondary N) is 2. The first-order valence-corrected chi connectivity index (χ1v) is 23.4. The van der Waals surface area contributed by atoms with Crippen molar-refractivity contribution in [1.29, 1.82) is 0 Å². The number of nitrogens with two attached hydrogens (primary N) is 1. The van der Waals surface area contributed by atoms with Crippen LogP contribution in [0.3, 0.4) is 0 Å². The Balaban J connectivity index is -0.0000000627. The third kappa shape index (κ3) is 55.3. The largest absolute Gasteiger partial charge is 0.478 e. The number of ketones is 1. The quantitative estimate of drug-likeness (QED) is 0.0401. The number of carbonyl (C=O) groups is 3. The third-order valence-corrected chi connectivity index (χ3v) is 3.43. The molecule has 2 rings (SSSR count). The average molecular weight is 1580 g/mol. The van der Waals surface area contributed by atoms with Crippen LogP contribution in [0.15, 0.2) is 17.5 Å². The first-order chi connectivity index (χ1) is 23.6. The van der Waals surface area contributed by atoms with Gasteiger partial charge in [-0.25, -0.2) is 39.9 Å². The fourth-order valence-electron chi connectivity index (χ4n) is 1.84. The molecule has 2 aromatic rings. The molecule has 0 saturated heterocycles. The van der Waals surface area contributed by atoms with Crippen molar-refractivity contribution < 1.29 is 54.6 Å². The molecule has 5 N–H and O–H groups in total. The second-order valence-electron chi connectivity index (χ2n) is 7.10. The second-order valence-corrected chi connectivity index (χ2v) is 22.4. The number of hydrogen-bond acceptors (Lipinski definition) is 9. The highest BCUT2D eigenvalue weighted by atomic mass is 127. The zero-order valence-corrected chi connectivity index (χ0v) is 43.1. The molecule has 320 valence electrons. The highest BCUT2D eigenvalue weighted by molar-refractivity contribution is 14.3. The molecular weight excluding hydrogens is 1530 g/mol. The van der Waals surface area contributed by atoms with Gasteiger partial charge in [0, 0.05) is 40.5 Å². The average Bonchev–Trinajstić information content (AvgIpc) is 3.63. The van der Waals surface area contributed by atoms with Gasteiger partial charge in [-0.15, -0.1) is 0 Å². The van der Waals surface area contributed by atoms with E-state index < -0.39 is 54.4 Å². The normalized spacial score (nSPS) is 9.11.